The van der Waals surface area contributed by atoms with Crippen LogP contribution in [0.25, 0.3) is 0 Å². The van der Waals surface area contributed by atoms with Crippen molar-refractivity contribution in [1.29, 1.82) is 0 Å². The molecule has 0 aromatic heterocycles. The molecule has 3 aromatic carbocycles. The monoisotopic (exact) mass is 603 g/mol. The average Bonchev–Trinajstić information content (AvgIpc) is 3.00. The Morgan fingerprint density at radius 1 is 0.884 bits per heavy atom. The Balaban J connectivity index is 1.87. The highest BCUT2D eigenvalue weighted by Crippen LogP contribution is 2.37. The second-order valence-electron chi connectivity index (χ2n) is 11.7. The van der Waals surface area contributed by atoms with E-state index in [9.17, 15) is 14.7 Å². The van der Waals surface area contributed by atoms with E-state index in [2.05, 4.69) is 50.4 Å². The average molecular weight is 604 g/mol. The highest BCUT2D eigenvalue weighted by molar-refractivity contribution is 6.99. The largest absolute Gasteiger partial charge is 0.463 e. The molecule has 43 heavy (non-hydrogen) atoms. The summed E-state index contributed by atoms with van der Waals surface area (Å²) in [5.74, 6) is -1.02. The van der Waals surface area contributed by atoms with Gasteiger partial charge in [-0.3, -0.25) is 0 Å². The van der Waals surface area contributed by atoms with Crippen LogP contribution in [0.5, 0.6) is 0 Å². The Morgan fingerprint density at radius 3 is 1.88 bits per heavy atom. The topological polar surface area (TPSA) is 94.1 Å². The van der Waals surface area contributed by atoms with E-state index < -0.39 is 38.4 Å². The van der Waals surface area contributed by atoms with Gasteiger partial charge in [0, 0.05) is 11.5 Å². The molecule has 0 unspecified atom stereocenters. The van der Waals surface area contributed by atoms with Crippen LogP contribution in [0.15, 0.2) is 103 Å². The molecule has 3 rings (SSSR count). The Labute approximate surface area is 257 Å². The number of ether oxygens (including phenoxy) is 2. The van der Waals surface area contributed by atoms with Crippen molar-refractivity contribution in [2.45, 2.75) is 65.3 Å². The molecular formula is C35H45NO6Si. The van der Waals surface area contributed by atoms with Crippen LogP contribution in [-0.2, 0) is 25.3 Å². The summed E-state index contributed by atoms with van der Waals surface area (Å²) in [7, 11) is -2.90. The van der Waals surface area contributed by atoms with Gasteiger partial charge >= 0.3 is 12.1 Å². The number of esters is 1. The Bertz CT molecular complexity index is 1290. The molecule has 0 fully saturated rings. The van der Waals surface area contributed by atoms with E-state index in [4.69, 9.17) is 13.9 Å². The predicted molar refractivity (Wildman–Crippen MR) is 173 cm³/mol. The number of carbonyl (C=O) groups excluding carboxylic acids is 2. The fourth-order valence-electron chi connectivity index (χ4n) is 5.17. The molecule has 3 aromatic rings. The Kier molecular flexibility index (Phi) is 12.3. The van der Waals surface area contributed by atoms with Gasteiger partial charge in [-0.05, 0) is 34.8 Å². The molecular weight excluding hydrogens is 558 g/mol. The van der Waals surface area contributed by atoms with Crippen LogP contribution in [0.1, 0.15) is 47.1 Å². The lowest BCUT2D eigenvalue weighted by Crippen LogP contribution is -2.67. The van der Waals surface area contributed by atoms with Crippen molar-refractivity contribution >= 4 is 30.8 Å². The zero-order chi connectivity index (χ0) is 31.5. The van der Waals surface area contributed by atoms with E-state index in [0.29, 0.717) is 5.57 Å². The van der Waals surface area contributed by atoms with Crippen molar-refractivity contribution in [3.8, 4) is 0 Å². The lowest BCUT2D eigenvalue weighted by atomic mass is 9.94. The van der Waals surface area contributed by atoms with E-state index in [1.54, 1.807) is 19.9 Å². The van der Waals surface area contributed by atoms with Gasteiger partial charge in [0.1, 0.15) is 6.61 Å². The predicted octanol–water partition coefficient (Wildman–Crippen LogP) is 5.36. The smallest absolute Gasteiger partial charge is 0.407 e. The normalized spacial score (nSPS) is 14.3. The number of hydrogen-bond acceptors (Lipinski definition) is 6. The number of amides is 1. The molecule has 0 aliphatic rings. The van der Waals surface area contributed by atoms with Crippen molar-refractivity contribution in [3.05, 3.63) is 108 Å². The maximum atomic E-state index is 12.9. The third-order valence-electron chi connectivity index (χ3n) is 7.59. The van der Waals surface area contributed by atoms with Gasteiger partial charge in [0.05, 0.1) is 25.4 Å². The van der Waals surface area contributed by atoms with Gasteiger partial charge in [0.2, 0.25) is 0 Å². The van der Waals surface area contributed by atoms with Gasteiger partial charge in [-0.1, -0.05) is 125 Å². The van der Waals surface area contributed by atoms with Crippen molar-refractivity contribution in [3.63, 3.8) is 0 Å². The molecule has 8 heteroatoms. The highest BCUT2D eigenvalue weighted by Gasteiger charge is 2.50. The second-order valence-corrected chi connectivity index (χ2v) is 16.0. The number of carbonyl (C=O) groups is 2. The minimum Gasteiger partial charge on any atom is -0.463 e. The van der Waals surface area contributed by atoms with Crippen LogP contribution in [0.2, 0.25) is 5.04 Å². The molecule has 0 bridgehead atoms. The molecule has 0 heterocycles. The first-order valence-corrected chi connectivity index (χ1v) is 16.7. The van der Waals surface area contributed by atoms with Crippen LogP contribution in [-0.4, -0.2) is 50.8 Å². The summed E-state index contributed by atoms with van der Waals surface area (Å²) in [6.07, 6.45) is -0.0283. The zero-order valence-electron chi connectivity index (χ0n) is 26.1. The maximum Gasteiger partial charge on any atom is 0.407 e. The standard InChI is InChI=1S/C35H45NO6Si/c1-7-40-33(38)26(2)23-31(36-34(39)41-24-28-17-11-8-12-18-28)27(3)32(37)25-42-43(35(4,5)6,29-19-13-9-14-20-29)30-21-15-10-16-22-30/h8-23,27,31-32,37H,7,24-25H2,1-6H3,(H,36,39)/b26-23+/t27-,31+,32-/m0/s1. The number of benzene rings is 3. The summed E-state index contributed by atoms with van der Waals surface area (Å²) < 4.78 is 17.5. The van der Waals surface area contributed by atoms with E-state index in [-0.39, 0.29) is 24.9 Å². The van der Waals surface area contributed by atoms with Crippen LogP contribution >= 0.6 is 0 Å². The molecule has 2 N–H and O–H groups in total. The van der Waals surface area contributed by atoms with Gasteiger partial charge < -0.3 is 24.3 Å². The SMILES string of the molecule is CCOC(=O)/C(C)=C/[C@@H](NC(=O)OCc1ccccc1)[C@H](C)[C@@H](O)CO[Si](c1ccccc1)(c1ccccc1)C(C)(C)C. The quantitative estimate of drug-likeness (QED) is 0.155. The maximum absolute atomic E-state index is 12.9. The number of hydrogen-bond donors (Lipinski definition) is 2. The van der Waals surface area contributed by atoms with Crippen molar-refractivity contribution in [1.82, 2.24) is 5.32 Å². The molecule has 0 saturated heterocycles. The van der Waals surface area contributed by atoms with Gasteiger partial charge in [-0.2, -0.15) is 0 Å². The second kappa shape index (κ2) is 15.7. The molecule has 0 aliphatic carbocycles. The molecule has 0 radical (unpaired) electrons. The molecule has 230 valence electrons. The molecule has 1 amide bonds. The third kappa shape index (κ3) is 8.89. The van der Waals surface area contributed by atoms with Crippen LogP contribution in [0.4, 0.5) is 4.79 Å². The number of aliphatic hydroxyl groups is 1. The van der Waals surface area contributed by atoms with E-state index in [1.165, 1.54) is 0 Å². The fraction of sp³-hybridized carbons (Fsp3) is 0.371. The van der Waals surface area contributed by atoms with E-state index in [1.807, 2.05) is 73.7 Å². The minimum absolute atomic E-state index is 0.0258. The first kappa shape index (κ1) is 33.8. The zero-order valence-corrected chi connectivity index (χ0v) is 27.1. The lowest BCUT2D eigenvalue weighted by molar-refractivity contribution is -0.138. The number of alkyl carbamates (subject to hydrolysis) is 1. The van der Waals surface area contributed by atoms with Crippen molar-refractivity contribution < 1.29 is 28.6 Å². The summed E-state index contributed by atoms with van der Waals surface area (Å²) in [5, 5.41) is 16.3. The van der Waals surface area contributed by atoms with Crippen molar-refractivity contribution in [2.75, 3.05) is 13.2 Å². The van der Waals surface area contributed by atoms with Gasteiger partial charge in [0.15, 0.2) is 0 Å². The Hall–Kier alpha value is -3.72. The van der Waals surface area contributed by atoms with Gasteiger partial charge in [-0.15, -0.1) is 0 Å². The molecule has 7 nitrogen and oxygen atoms in total. The first-order chi connectivity index (χ1) is 20.5. The Morgan fingerprint density at radius 2 is 1.40 bits per heavy atom. The fourth-order valence-corrected chi connectivity index (χ4v) is 9.75. The number of aliphatic hydroxyl groups excluding tert-OH is 1. The summed E-state index contributed by atoms with van der Waals surface area (Å²) >= 11 is 0. The van der Waals surface area contributed by atoms with Crippen LogP contribution < -0.4 is 15.7 Å². The molecule has 3 atom stereocenters. The summed E-state index contributed by atoms with van der Waals surface area (Å²) in [6.45, 7) is 12.0. The van der Waals surface area contributed by atoms with Crippen LogP contribution in [0, 0.1) is 5.92 Å². The number of nitrogens with one attached hydrogen (secondary N) is 1. The lowest BCUT2D eigenvalue weighted by Gasteiger charge is -2.44. The van der Waals surface area contributed by atoms with Gasteiger partial charge in [0.25, 0.3) is 8.32 Å². The van der Waals surface area contributed by atoms with Crippen molar-refractivity contribution in [2.24, 2.45) is 5.92 Å². The highest BCUT2D eigenvalue weighted by atomic mass is 28.4. The van der Waals surface area contributed by atoms with E-state index >= 15 is 0 Å². The molecule has 0 saturated carbocycles. The summed E-state index contributed by atoms with van der Waals surface area (Å²) in [4.78, 5) is 25.3. The summed E-state index contributed by atoms with van der Waals surface area (Å²) in [5.41, 5.74) is 1.17. The summed E-state index contributed by atoms with van der Waals surface area (Å²) in [6, 6.07) is 29.0. The minimum atomic E-state index is -2.90. The first-order valence-electron chi connectivity index (χ1n) is 14.8. The molecule has 0 spiro atoms. The van der Waals surface area contributed by atoms with Gasteiger partial charge in [-0.25, -0.2) is 9.59 Å². The third-order valence-corrected chi connectivity index (χ3v) is 12.6. The molecule has 0 aliphatic heterocycles. The van der Waals surface area contributed by atoms with Crippen LogP contribution in [0.3, 0.4) is 0 Å². The van der Waals surface area contributed by atoms with E-state index in [0.717, 1.165) is 15.9 Å². The number of rotatable bonds is 13.